The minimum atomic E-state index is -0.834. The number of hydrogen-bond acceptors (Lipinski definition) is 5. The van der Waals surface area contributed by atoms with Crippen LogP contribution in [0.1, 0.15) is 6.92 Å². The summed E-state index contributed by atoms with van der Waals surface area (Å²) in [4.78, 5) is 10.3. The molecule has 6 nitrogen and oxygen atoms in total. The average molecular weight is 271 g/mol. The fraction of sp³-hybridized carbons (Fsp3) is 0.455. The van der Waals surface area contributed by atoms with Gasteiger partial charge in [0.05, 0.1) is 4.92 Å². The Bertz CT molecular complexity index is 451. The minimum Gasteiger partial charge on any atom is -0.388 e. The quantitative estimate of drug-likeness (QED) is 0.583. The zero-order valence-corrected chi connectivity index (χ0v) is 11.3. The Kier molecular flexibility index (Phi) is 5.57. The van der Waals surface area contributed by atoms with Crippen LogP contribution < -0.4 is 10.6 Å². The number of nitro benzene ring substituents is 1. The predicted octanol–water partition coefficient (Wildman–Crippen LogP) is 1.82. The molecule has 1 aromatic carbocycles. The fourth-order valence-corrected chi connectivity index (χ4v) is 2.03. The van der Waals surface area contributed by atoms with E-state index in [1.807, 2.05) is 6.92 Å². The molecule has 0 fully saturated rings. The van der Waals surface area contributed by atoms with E-state index in [1.165, 1.54) is 12.1 Å². The first kappa shape index (κ1) is 14.4. The molecular weight excluding hydrogens is 254 g/mol. The summed E-state index contributed by atoms with van der Waals surface area (Å²) < 4.78 is 11.3. The maximum absolute atomic E-state index is 11.3. The third-order valence-electron chi connectivity index (χ3n) is 2.40. The highest BCUT2D eigenvalue weighted by atomic mass is 32.2. The van der Waals surface area contributed by atoms with Crippen molar-refractivity contribution in [2.24, 2.45) is 0 Å². The van der Waals surface area contributed by atoms with Crippen LogP contribution in [0.3, 0.4) is 0 Å². The topological polar surface area (TPSA) is 84.3 Å². The van der Waals surface area contributed by atoms with Crippen LogP contribution in [0.4, 0.5) is 17.1 Å². The van der Waals surface area contributed by atoms with Crippen LogP contribution >= 0.6 is 0 Å². The summed E-state index contributed by atoms with van der Waals surface area (Å²) in [5, 5.41) is 16.7. The van der Waals surface area contributed by atoms with Gasteiger partial charge >= 0.3 is 0 Å². The molecule has 0 bridgehead atoms. The molecule has 2 N–H and O–H groups in total. The van der Waals surface area contributed by atoms with E-state index in [0.717, 1.165) is 0 Å². The molecule has 1 atom stereocenters. The molecule has 18 heavy (non-hydrogen) atoms. The van der Waals surface area contributed by atoms with Crippen LogP contribution in [-0.2, 0) is 10.8 Å². The lowest BCUT2D eigenvalue weighted by atomic mass is 10.2. The Balaban J connectivity index is 2.72. The molecular formula is C11H17N3O3S. The second kappa shape index (κ2) is 6.95. The van der Waals surface area contributed by atoms with Crippen molar-refractivity contribution in [1.29, 1.82) is 0 Å². The predicted molar refractivity (Wildman–Crippen MR) is 74.7 cm³/mol. The molecule has 100 valence electrons. The molecule has 0 aliphatic heterocycles. The van der Waals surface area contributed by atoms with E-state index in [2.05, 4.69) is 10.6 Å². The molecule has 0 saturated heterocycles. The van der Waals surface area contributed by atoms with E-state index in [9.17, 15) is 14.3 Å². The van der Waals surface area contributed by atoms with Gasteiger partial charge in [-0.3, -0.25) is 14.3 Å². The van der Waals surface area contributed by atoms with Crippen LogP contribution in [0, 0.1) is 10.1 Å². The van der Waals surface area contributed by atoms with Gasteiger partial charge in [0, 0.05) is 59.4 Å². The number of anilines is 2. The molecule has 0 radical (unpaired) electrons. The van der Waals surface area contributed by atoms with Crippen molar-refractivity contribution in [1.82, 2.24) is 0 Å². The van der Waals surface area contributed by atoms with E-state index in [1.54, 1.807) is 13.1 Å². The third kappa shape index (κ3) is 4.33. The van der Waals surface area contributed by atoms with Crippen molar-refractivity contribution in [2.45, 2.75) is 6.92 Å². The zero-order valence-electron chi connectivity index (χ0n) is 10.4. The largest absolute Gasteiger partial charge is 0.388 e. The molecule has 0 spiro atoms. The van der Waals surface area contributed by atoms with E-state index in [-0.39, 0.29) is 5.69 Å². The molecule has 7 heteroatoms. The van der Waals surface area contributed by atoms with Gasteiger partial charge in [-0.05, 0) is 6.07 Å². The van der Waals surface area contributed by atoms with Crippen molar-refractivity contribution < 1.29 is 9.13 Å². The smallest absolute Gasteiger partial charge is 0.273 e. The molecule has 0 aromatic heterocycles. The molecule has 1 unspecified atom stereocenters. The summed E-state index contributed by atoms with van der Waals surface area (Å²) in [6, 6.07) is 4.72. The van der Waals surface area contributed by atoms with Crippen LogP contribution in [0.5, 0.6) is 0 Å². The van der Waals surface area contributed by atoms with Gasteiger partial charge in [-0.2, -0.15) is 0 Å². The van der Waals surface area contributed by atoms with Crippen LogP contribution in [0.2, 0.25) is 0 Å². The van der Waals surface area contributed by atoms with Gasteiger partial charge in [0.1, 0.15) is 0 Å². The summed E-state index contributed by atoms with van der Waals surface area (Å²) in [6.45, 7) is 2.40. The van der Waals surface area contributed by atoms with Crippen LogP contribution in [0.25, 0.3) is 0 Å². The van der Waals surface area contributed by atoms with Gasteiger partial charge in [0.15, 0.2) is 0 Å². The van der Waals surface area contributed by atoms with Gasteiger partial charge in [-0.25, -0.2) is 0 Å². The number of nitrogens with zero attached hydrogens (tertiary/aromatic N) is 1. The molecule has 1 aromatic rings. The molecule has 1 rings (SSSR count). The van der Waals surface area contributed by atoms with E-state index in [0.29, 0.717) is 29.4 Å². The summed E-state index contributed by atoms with van der Waals surface area (Å²) in [7, 11) is 0.869. The SMILES string of the molecule is CCS(=O)CCNc1cc(NC)cc([N+](=O)[O-])c1. The number of nitrogens with one attached hydrogen (secondary N) is 2. The second-order valence-electron chi connectivity index (χ2n) is 3.64. The van der Waals surface area contributed by atoms with Gasteiger partial charge in [0.25, 0.3) is 5.69 Å². The van der Waals surface area contributed by atoms with Gasteiger partial charge in [-0.1, -0.05) is 6.92 Å². The molecule has 0 amide bonds. The number of non-ortho nitro benzene ring substituents is 1. The Morgan fingerprint density at radius 3 is 2.56 bits per heavy atom. The summed E-state index contributed by atoms with van der Waals surface area (Å²) in [5.74, 6) is 1.16. The van der Waals surface area contributed by atoms with Gasteiger partial charge < -0.3 is 10.6 Å². The monoisotopic (exact) mass is 271 g/mol. The maximum Gasteiger partial charge on any atom is 0.273 e. The van der Waals surface area contributed by atoms with Crippen molar-refractivity contribution in [3.8, 4) is 0 Å². The molecule has 0 heterocycles. The second-order valence-corrected chi connectivity index (χ2v) is 5.50. The van der Waals surface area contributed by atoms with E-state index in [4.69, 9.17) is 0 Å². The first-order chi connectivity index (χ1) is 8.56. The lowest BCUT2D eigenvalue weighted by molar-refractivity contribution is -0.384. The van der Waals surface area contributed by atoms with Crippen molar-refractivity contribution in [2.75, 3.05) is 35.7 Å². The Morgan fingerprint density at radius 2 is 2.00 bits per heavy atom. The van der Waals surface area contributed by atoms with Gasteiger partial charge in [-0.15, -0.1) is 0 Å². The summed E-state index contributed by atoms with van der Waals surface area (Å²) in [5.41, 5.74) is 1.35. The first-order valence-electron chi connectivity index (χ1n) is 5.63. The minimum absolute atomic E-state index is 0.0287. The Morgan fingerprint density at radius 1 is 1.33 bits per heavy atom. The number of rotatable bonds is 7. The zero-order chi connectivity index (χ0) is 13.5. The van der Waals surface area contributed by atoms with E-state index < -0.39 is 15.7 Å². The summed E-state index contributed by atoms with van der Waals surface area (Å²) in [6.07, 6.45) is 0. The maximum atomic E-state index is 11.3. The highest BCUT2D eigenvalue weighted by Gasteiger charge is 2.09. The highest BCUT2D eigenvalue weighted by molar-refractivity contribution is 7.84. The lowest BCUT2D eigenvalue weighted by Crippen LogP contribution is -2.12. The number of nitro groups is 1. The third-order valence-corrected chi connectivity index (χ3v) is 3.70. The van der Waals surface area contributed by atoms with Crippen molar-refractivity contribution >= 4 is 27.9 Å². The normalized spacial score (nSPS) is 11.9. The standard InChI is InChI=1S/C11H17N3O3S/c1-3-18(17)5-4-13-10-6-9(12-2)7-11(8-10)14(15)16/h6-8,12-13H,3-5H2,1-2H3. The van der Waals surface area contributed by atoms with Crippen molar-refractivity contribution in [3.63, 3.8) is 0 Å². The lowest BCUT2D eigenvalue weighted by Gasteiger charge is -2.08. The Hall–Kier alpha value is -1.63. The number of benzene rings is 1. The first-order valence-corrected chi connectivity index (χ1v) is 7.11. The summed E-state index contributed by atoms with van der Waals surface area (Å²) >= 11 is 0. The molecule has 0 saturated carbocycles. The van der Waals surface area contributed by atoms with E-state index >= 15 is 0 Å². The van der Waals surface area contributed by atoms with Gasteiger partial charge in [0.2, 0.25) is 0 Å². The fourth-order valence-electron chi connectivity index (χ4n) is 1.42. The highest BCUT2D eigenvalue weighted by Crippen LogP contribution is 2.23. The molecule has 0 aliphatic rings. The van der Waals surface area contributed by atoms with Crippen molar-refractivity contribution in [3.05, 3.63) is 28.3 Å². The van der Waals surface area contributed by atoms with Crippen LogP contribution in [0.15, 0.2) is 18.2 Å². The molecule has 0 aliphatic carbocycles. The average Bonchev–Trinajstić information content (AvgIpc) is 2.37. The van der Waals surface area contributed by atoms with Crippen LogP contribution in [-0.4, -0.2) is 34.2 Å². The number of hydrogen-bond donors (Lipinski definition) is 2. The Labute approximate surface area is 108 Å².